The van der Waals surface area contributed by atoms with E-state index in [2.05, 4.69) is 36.1 Å². The van der Waals surface area contributed by atoms with Gasteiger partial charge >= 0.3 is 0 Å². The van der Waals surface area contributed by atoms with Crippen LogP contribution in [0.3, 0.4) is 0 Å². The lowest BCUT2D eigenvalue weighted by Crippen LogP contribution is -2.42. The van der Waals surface area contributed by atoms with Gasteiger partial charge in [-0.15, -0.1) is 20.4 Å². The molecule has 0 radical (unpaired) electrons. The zero-order valence-electron chi connectivity index (χ0n) is 14.5. The second-order valence-electron chi connectivity index (χ2n) is 7.07. The summed E-state index contributed by atoms with van der Waals surface area (Å²) in [7, 11) is 0. The number of aromatic nitrogens is 6. The SMILES string of the molecule is Oc1cc(-c2nn[nH]n2)ccc1-c1ccc(OC2C[C@H]3CC[C@@H](C2)N3)nn1. The van der Waals surface area contributed by atoms with E-state index in [1.165, 1.54) is 12.8 Å². The zero-order valence-corrected chi connectivity index (χ0v) is 14.5. The molecule has 2 aromatic heterocycles. The van der Waals surface area contributed by atoms with E-state index in [4.69, 9.17) is 4.74 Å². The average Bonchev–Trinajstić information content (AvgIpc) is 3.32. The highest BCUT2D eigenvalue weighted by molar-refractivity contribution is 5.71. The number of phenols is 1. The van der Waals surface area contributed by atoms with E-state index in [1.807, 2.05) is 0 Å². The largest absolute Gasteiger partial charge is 0.507 e. The van der Waals surface area contributed by atoms with Crippen LogP contribution in [-0.4, -0.2) is 54.1 Å². The fraction of sp³-hybridized carbons (Fsp3) is 0.389. The lowest BCUT2D eigenvalue weighted by Gasteiger charge is -2.28. The van der Waals surface area contributed by atoms with Crippen molar-refractivity contribution in [3.05, 3.63) is 30.3 Å². The third-order valence-electron chi connectivity index (χ3n) is 5.23. The van der Waals surface area contributed by atoms with Crippen molar-refractivity contribution >= 4 is 0 Å². The average molecular weight is 365 g/mol. The van der Waals surface area contributed by atoms with Crippen molar-refractivity contribution in [2.45, 2.75) is 43.9 Å². The number of hydrogen-bond donors (Lipinski definition) is 3. The maximum Gasteiger partial charge on any atom is 0.233 e. The van der Waals surface area contributed by atoms with Gasteiger partial charge in [-0.25, -0.2) is 0 Å². The molecule has 1 aromatic carbocycles. The smallest absolute Gasteiger partial charge is 0.233 e. The Hall–Kier alpha value is -3.07. The van der Waals surface area contributed by atoms with Crippen LogP contribution in [0.4, 0.5) is 0 Å². The second-order valence-corrected chi connectivity index (χ2v) is 7.07. The topological polar surface area (TPSA) is 122 Å². The number of tetrazole rings is 1. The quantitative estimate of drug-likeness (QED) is 0.638. The number of benzene rings is 1. The fourth-order valence-corrected chi connectivity index (χ4v) is 3.97. The number of aromatic amines is 1. The van der Waals surface area contributed by atoms with Crippen molar-refractivity contribution in [1.29, 1.82) is 0 Å². The lowest BCUT2D eigenvalue weighted by molar-refractivity contribution is 0.130. The van der Waals surface area contributed by atoms with Gasteiger partial charge in [-0.1, -0.05) is 6.07 Å². The molecular weight excluding hydrogens is 346 g/mol. The summed E-state index contributed by atoms with van der Waals surface area (Å²) in [4.78, 5) is 0. The number of ether oxygens (including phenoxy) is 1. The van der Waals surface area contributed by atoms with Gasteiger partial charge in [-0.2, -0.15) is 5.21 Å². The summed E-state index contributed by atoms with van der Waals surface area (Å²) in [6.07, 6.45) is 4.67. The van der Waals surface area contributed by atoms with E-state index in [0.29, 0.717) is 40.6 Å². The van der Waals surface area contributed by atoms with Crippen LogP contribution in [0.1, 0.15) is 25.7 Å². The molecule has 3 atom stereocenters. The van der Waals surface area contributed by atoms with E-state index >= 15 is 0 Å². The van der Waals surface area contributed by atoms with Gasteiger partial charge in [-0.05, 0) is 49.1 Å². The van der Waals surface area contributed by atoms with E-state index in [1.54, 1.807) is 30.3 Å². The maximum atomic E-state index is 10.3. The molecule has 2 fully saturated rings. The van der Waals surface area contributed by atoms with Gasteiger partial charge < -0.3 is 15.2 Å². The number of phenolic OH excluding ortho intramolecular Hbond substituents is 1. The zero-order chi connectivity index (χ0) is 18.2. The molecule has 0 amide bonds. The summed E-state index contributed by atoms with van der Waals surface area (Å²) in [5.41, 5.74) is 1.82. The normalized spacial score (nSPS) is 24.1. The highest BCUT2D eigenvalue weighted by Gasteiger charge is 2.34. The molecule has 27 heavy (non-hydrogen) atoms. The Kier molecular flexibility index (Phi) is 3.93. The van der Waals surface area contributed by atoms with Gasteiger partial charge in [0.15, 0.2) is 0 Å². The summed E-state index contributed by atoms with van der Waals surface area (Å²) >= 11 is 0. The van der Waals surface area contributed by atoms with Crippen LogP contribution in [-0.2, 0) is 0 Å². The maximum absolute atomic E-state index is 10.3. The first-order valence-electron chi connectivity index (χ1n) is 9.08. The number of H-pyrrole nitrogens is 1. The molecule has 138 valence electrons. The molecule has 2 bridgehead atoms. The van der Waals surface area contributed by atoms with Crippen LogP contribution in [0.15, 0.2) is 30.3 Å². The minimum atomic E-state index is 0.0789. The van der Waals surface area contributed by atoms with Crippen molar-refractivity contribution in [2.24, 2.45) is 0 Å². The highest BCUT2D eigenvalue weighted by atomic mass is 16.5. The molecule has 4 heterocycles. The first-order valence-corrected chi connectivity index (χ1v) is 9.08. The molecule has 1 unspecified atom stereocenters. The van der Waals surface area contributed by atoms with Gasteiger partial charge in [0.05, 0.1) is 5.69 Å². The minimum Gasteiger partial charge on any atom is -0.507 e. The van der Waals surface area contributed by atoms with Crippen molar-refractivity contribution in [2.75, 3.05) is 0 Å². The van der Waals surface area contributed by atoms with Crippen molar-refractivity contribution < 1.29 is 9.84 Å². The van der Waals surface area contributed by atoms with E-state index in [-0.39, 0.29) is 11.9 Å². The predicted molar refractivity (Wildman–Crippen MR) is 95.9 cm³/mol. The van der Waals surface area contributed by atoms with Crippen LogP contribution < -0.4 is 10.1 Å². The lowest BCUT2D eigenvalue weighted by atomic mass is 10.0. The van der Waals surface area contributed by atoms with Gasteiger partial charge in [0.2, 0.25) is 11.7 Å². The summed E-state index contributed by atoms with van der Waals surface area (Å²) in [5, 5.41) is 36.1. The first-order chi connectivity index (χ1) is 13.2. The Morgan fingerprint density at radius 1 is 1.00 bits per heavy atom. The summed E-state index contributed by atoms with van der Waals surface area (Å²) < 4.78 is 6.02. The number of nitrogens with zero attached hydrogens (tertiary/aromatic N) is 5. The number of nitrogens with one attached hydrogen (secondary N) is 2. The van der Waals surface area contributed by atoms with Crippen LogP contribution in [0, 0.1) is 0 Å². The van der Waals surface area contributed by atoms with Crippen molar-refractivity contribution in [3.8, 4) is 34.3 Å². The van der Waals surface area contributed by atoms with Crippen LogP contribution >= 0.6 is 0 Å². The summed E-state index contributed by atoms with van der Waals surface area (Å²) in [6, 6.07) is 9.88. The Balaban J connectivity index is 1.31. The Labute approximate surface area is 155 Å². The van der Waals surface area contributed by atoms with Gasteiger partial charge in [0.25, 0.3) is 0 Å². The van der Waals surface area contributed by atoms with Gasteiger partial charge in [0, 0.05) is 29.3 Å². The highest BCUT2D eigenvalue weighted by Crippen LogP contribution is 2.32. The molecule has 0 saturated carbocycles. The number of fused-ring (bicyclic) bond motifs is 2. The summed E-state index contributed by atoms with van der Waals surface area (Å²) in [6.45, 7) is 0. The number of hydrogen-bond acceptors (Lipinski definition) is 8. The molecule has 2 aliphatic heterocycles. The number of piperidine rings is 1. The van der Waals surface area contributed by atoms with Crippen LogP contribution in [0.5, 0.6) is 11.6 Å². The Morgan fingerprint density at radius 2 is 1.85 bits per heavy atom. The van der Waals surface area contributed by atoms with Crippen molar-refractivity contribution in [3.63, 3.8) is 0 Å². The van der Waals surface area contributed by atoms with E-state index in [9.17, 15) is 5.11 Å². The summed E-state index contributed by atoms with van der Waals surface area (Å²) in [5.74, 6) is 1.02. The molecular formula is C18H19N7O2. The third-order valence-corrected chi connectivity index (χ3v) is 5.23. The van der Waals surface area contributed by atoms with Crippen LogP contribution in [0.2, 0.25) is 0 Å². The molecule has 5 rings (SSSR count). The molecule has 2 saturated heterocycles. The van der Waals surface area contributed by atoms with Crippen molar-refractivity contribution in [1.82, 2.24) is 36.1 Å². The molecule has 2 aliphatic rings. The molecule has 9 heteroatoms. The molecule has 3 N–H and O–H groups in total. The standard InChI is InChI=1S/C18H19N7O2/c26-16-7-10(18-22-24-25-23-18)1-4-14(16)15-5-6-17(21-20-15)27-13-8-11-2-3-12(9-13)19-11/h1,4-7,11-13,19,26H,2-3,8-9H2,(H,22,23,24,25)/t11-,12+,13?. The second kappa shape index (κ2) is 6.58. The third kappa shape index (κ3) is 3.21. The van der Waals surface area contributed by atoms with Gasteiger partial charge in [0.1, 0.15) is 11.9 Å². The Morgan fingerprint density at radius 3 is 2.52 bits per heavy atom. The number of rotatable bonds is 4. The Bertz CT molecular complexity index is 917. The number of aromatic hydroxyl groups is 1. The van der Waals surface area contributed by atoms with E-state index < -0.39 is 0 Å². The minimum absolute atomic E-state index is 0.0789. The molecule has 0 aliphatic carbocycles. The van der Waals surface area contributed by atoms with Gasteiger partial charge in [-0.3, -0.25) is 0 Å². The monoisotopic (exact) mass is 365 g/mol. The van der Waals surface area contributed by atoms with Crippen LogP contribution in [0.25, 0.3) is 22.6 Å². The first kappa shape index (κ1) is 16.1. The molecule has 0 spiro atoms. The van der Waals surface area contributed by atoms with E-state index in [0.717, 1.165) is 12.8 Å². The predicted octanol–water partition coefficient (Wildman–Crippen LogP) is 1.69. The molecule has 9 nitrogen and oxygen atoms in total. The fourth-order valence-electron chi connectivity index (χ4n) is 3.97. The molecule has 3 aromatic rings.